The minimum atomic E-state index is -0.279. The van der Waals surface area contributed by atoms with Crippen LogP contribution >= 0.6 is 0 Å². The van der Waals surface area contributed by atoms with Crippen molar-refractivity contribution in [2.75, 3.05) is 25.1 Å². The Morgan fingerprint density at radius 1 is 1.37 bits per heavy atom. The first kappa shape index (κ1) is 13.7. The van der Waals surface area contributed by atoms with Gasteiger partial charge in [-0.1, -0.05) is 17.7 Å². The third kappa shape index (κ3) is 3.86. The van der Waals surface area contributed by atoms with E-state index in [0.29, 0.717) is 0 Å². The van der Waals surface area contributed by atoms with Crippen molar-refractivity contribution in [2.24, 2.45) is 0 Å². The lowest BCUT2D eigenvalue weighted by Gasteiger charge is -2.34. The van der Waals surface area contributed by atoms with E-state index in [1.165, 1.54) is 18.4 Å². The molecule has 1 aromatic rings. The number of rotatable bonds is 3. The van der Waals surface area contributed by atoms with E-state index in [4.69, 9.17) is 0 Å². The minimum Gasteiger partial charge on any atom is -0.369 e. The standard InChI is InChI=1S/C14H21N3O2/c1-11-5-7-13(8-6-11)17-9-3-4-12(10-17)15-14(18)16-19-2/h5-8,12H,3-4,9-10H2,1-2H3,(H2,15,16,18). The monoisotopic (exact) mass is 263 g/mol. The molecule has 0 bridgehead atoms. The molecule has 5 heteroatoms. The summed E-state index contributed by atoms with van der Waals surface area (Å²) in [6.07, 6.45) is 2.07. The van der Waals surface area contributed by atoms with Crippen LogP contribution in [-0.4, -0.2) is 32.3 Å². The van der Waals surface area contributed by atoms with Gasteiger partial charge in [-0.05, 0) is 31.9 Å². The Labute approximate surface area is 113 Å². The van der Waals surface area contributed by atoms with Gasteiger partial charge in [-0.3, -0.25) is 4.84 Å². The molecule has 19 heavy (non-hydrogen) atoms. The Morgan fingerprint density at radius 3 is 2.79 bits per heavy atom. The number of carbonyl (C=O) groups is 1. The first-order valence-corrected chi connectivity index (χ1v) is 6.60. The Bertz CT molecular complexity index is 419. The van der Waals surface area contributed by atoms with Crippen LogP contribution in [-0.2, 0) is 4.84 Å². The number of urea groups is 1. The van der Waals surface area contributed by atoms with Crippen molar-refractivity contribution in [3.05, 3.63) is 29.8 Å². The number of aryl methyl sites for hydroxylation is 1. The van der Waals surface area contributed by atoms with Gasteiger partial charge in [-0.15, -0.1) is 0 Å². The van der Waals surface area contributed by atoms with E-state index >= 15 is 0 Å². The Balaban J connectivity index is 1.93. The number of benzene rings is 1. The minimum absolute atomic E-state index is 0.158. The number of hydrogen-bond donors (Lipinski definition) is 2. The summed E-state index contributed by atoms with van der Waals surface area (Å²) in [6, 6.07) is 8.37. The van der Waals surface area contributed by atoms with Crippen LogP contribution in [0.25, 0.3) is 0 Å². The molecule has 104 valence electrons. The van der Waals surface area contributed by atoms with E-state index in [9.17, 15) is 4.79 Å². The molecule has 1 fully saturated rings. The molecule has 2 rings (SSSR count). The van der Waals surface area contributed by atoms with Crippen LogP contribution in [0.15, 0.2) is 24.3 Å². The molecule has 0 aromatic heterocycles. The fourth-order valence-corrected chi connectivity index (χ4v) is 2.39. The summed E-state index contributed by atoms with van der Waals surface area (Å²) >= 11 is 0. The zero-order chi connectivity index (χ0) is 13.7. The van der Waals surface area contributed by atoms with Gasteiger partial charge in [-0.25, -0.2) is 10.3 Å². The van der Waals surface area contributed by atoms with E-state index in [0.717, 1.165) is 25.9 Å². The summed E-state index contributed by atoms with van der Waals surface area (Å²) in [4.78, 5) is 18.3. The Hall–Kier alpha value is -1.75. The molecule has 5 nitrogen and oxygen atoms in total. The average Bonchev–Trinajstić information content (AvgIpc) is 2.40. The largest absolute Gasteiger partial charge is 0.369 e. The van der Waals surface area contributed by atoms with Crippen LogP contribution in [0.3, 0.4) is 0 Å². The lowest BCUT2D eigenvalue weighted by molar-refractivity contribution is 0.105. The zero-order valence-corrected chi connectivity index (χ0v) is 11.5. The number of anilines is 1. The molecule has 1 aliphatic heterocycles. The molecule has 2 amide bonds. The summed E-state index contributed by atoms with van der Waals surface area (Å²) in [5, 5.41) is 2.91. The van der Waals surface area contributed by atoms with Crippen molar-refractivity contribution < 1.29 is 9.63 Å². The molecular weight excluding hydrogens is 242 g/mol. The fraction of sp³-hybridized carbons (Fsp3) is 0.500. The first-order chi connectivity index (χ1) is 9.19. The normalized spacial score (nSPS) is 19.1. The third-order valence-electron chi connectivity index (χ3n) is 3.35. The Kier molecular flexibility index (Phi) is 4.63. The molecule has 0 spiro atoms. The van der Waals surface area contributed by atoms with Crippen molar-refractivity contribution in [3.63, 3.8) is 0 Å². The number of amides is 2. The number of piperidine rings is 1. The van der Waals surface area contributed by atoms with Gasteiger partial charge in [0.2, 0.25) is 0 Å². The van der Waals surface area contributed by atoms with Crippen molar-refractivity contribution in [1.82, 2.24) is 10.8 Å². The highest BCUT2D eigenvalue weighted by Crippen LogP contribution is 2.20. The van der Waals surface area contributed by atoms with Gasteiger partial charge in [0.15, 0.2) is 0 Å². The number of carbonyl (C=O) groups excluding carboxylic acids is 1. The quantitative estimate of drug-likeness (QED) is 0.818. The molecular formula is C14H21N3O2. The highest BCUT2D eigenvalue weighted by atomic mass is 16.6. The smallest absolute Gasteiger partial charge is 0.338 e. The van der Waals surface area contributed by atoms with E-state index in [1.54, 1.807) is 0 Å². The molecule has 0 aliphatic carbocycles. The molecule has 1 unspecified atom stereocenters. The average molecular weight is 263 g/mol. The van der Waals surface area contributed by atoms with Crippen LogP contribution in [0.4, 0.5) is 10.5 Å². The second-order valence-corrected chi connectivity index (χ2v) is 4.90. The van der Waals surface area contributed by atoms with Crippen molar-refractivity contribution in [1.29, 1.82) is 0 Å². The van der Waals surface area contributed by atoms with Gasteiger partial charge >= 0.3 is 6.03 Å². The summed E-state index contributed by atoms with van der Waals surface area (Å²) in [5.74, 6) is 0. The van der Waals surface area contributed by atoms with Gasteiger partial charge in [0.05, 0.1) is 7.11 Å². The number of nitrogens with one attached hydrogen (secondary N) is 2. The molecule has 1 aliphatic rings. The van der Waals surface area contributed by atoms with Crippen LogP contribution in [0.5, 0.6) is 0 Å². The summed E-state index contributed by atoms with van der Waals surface area (Å²) in [7, 11) is 1.43. The fourth-order valence-electron chi connectivity index (χ4n) is 2.39. The second kappa shape index (κ2) is 6.43. The predicted molar refractivity (Wildman–Crippen MR) is 75.1 cm³/mol. The maximum atomic E-state index is 11.4. The molecule has 2 N–H and O–H groups in total. The third-order valence-corrected chi connectivity index (χ3v) is 3.35. The van der Waals surface area contributed by atoms with Crippen LogP contribution in [0, 0.1) is 6.92 Å². The van der Waals surface area contributed by atoms with Gasteiger partial charge < -0.3 is 10.2 Å². The van der Waals surface area contributed by atoms with Gasteiger partial charge in [0, 0.05) is 24.8 Å². The lowest BCUT2D eigenvalue weighted by Crippen LogP contribution is -2.50. The highest BCUT2D eigenvalue weighted by molar-refractivity contribution is 5.73. The van der Waals surface area contributed by atoms with E-state index < -0.39 is 0 Å². The predicted octanol–water partition coefficient (Wildman–Crippen LogP) is 1.82. The molecule has 1 aromatic carbocycles. The highest BCUT2D eigenvalue weighted by Gasteiger charge is 2.21. The number of nitrogens with zero attached hydrogens (tertiary/aromatic N) is 1. The van der Waals surface area contributed by atoms with Gasteiger partial charge in [-0.2, -0.15) is 0 Å². The van der Waals surface area contributed by atoms with Gasteiger partial charge in [0.25, 0.3) is 0 Å². The summed E-state index contributed by atoms with van der Waals surface area (Å²) < 4.78 is 0. The van der Waals surface area contributed by atoms with Gasteiger partial charge in [0.1, 0.15) is 0 Å². The maximum Gasteiger partial charge on any atom is 0.338 e. The van der Waals surface area contributed by atoms with E-state index in [2.05, 4.69) is 51.7 Å². The molecule has 0 radical (unpaired) electrons. The SMILES string of the molecule is CONC(=O)NC1CCCN(c2ccc(C)cc2)C1. The molecule has 1 atom stereocenters. The van der Waals surface area contributed by atoms with Crippen molar-refractivity contribution >= 4 is 11.7 Å². The van der Waals surface area contributed by atoms with Crippen LogP contribution in [0.2, 0.25) is 0 Å². The second-order valence-electron chi connectivity index (χ2n) is 4.90. The van der Waals surface area contributed by atoms with Crippen LogP contribution in [0.1, 0.15) is 18.4 Å². The topological polar surface area (TPSA) is 53.6 Å². The van der Waals surface area contributed by atoms with Crippen molar-refractivity contribution in [3.8, 4) is 0 Å². The molecule has 0 saturated carbocycles. The Morgan fingerprint density at radius 2 is 2.11 bits per heavy atom. The number of hydroxylamine groups is 1. The zero-order valence-electron chi connectivity index (χ0n) is 11.5. The van der Waals surface area contributed by atoms with Crippen molar-refractivity contribution in [2.45, 2.75) is 25.8 Å². The summed E-state index contributed by atoms with van der Waals surface area (Å²) in [5.41, 5.74) is 4.76. The molecule has 1 saturated heterocycles. The number of hydrogen-bond acceptors (Lipinski definition) is 3. The van der Waals surface area contributed by atoms with E-state index in [1.807, 2.05) is 0 Å². The first-order valence-electron chi connectivity index (χ1n) is 6.60. The van der Waals surface area contributed by atoms with Crippen LogP contribution < -0.4 is 15.7 Å². The maximum absolute atomic E-state index is 11.4. The lowest BCUT2D eigenvalue weighted by atomic mass is 10.0. The summed E-state index contributed by atoms with van der Waals surface area (Å²) in [6.45, 7) is 3.95. The molecule has 1 heterocycles. The van der Waals surface area contributed by atoms with E-state index in [-0.39, 0.29) is 12.1 Å².